The van der Waals surface area contributed by atoms with Crippen molar-refractivity contribution in [2.24, 2.45) is 0 Å². The summed E-state index contributed by atoms with van der Waals surface area (Å²) in [6, 6.07) is 14.8. The van der Waals surface area contributed by atoms with Crippen LogP contribution >= 0.6 is 35.0 Å². The average Bonchev–Trinajstić information content (AvgIpc) is 3.11. The van der Waals surface area contributed by atoms with E-state index in [9.17, 15) is 4.79 Å². The summed E-state index contributed by atoms with van der Waals surface area (Å²) < 4.78 is 1.69. The minimum Gasteiger partial charge on any atom is -0.389 e. The van der Waals surface area contributed by atoms with Gasteiger partial charge in [-0.1, -0.05) is 64.1 Å². The largest absolute Gasteiger partial charge is 0.389 e. The fraction of sp³-hybridized carbons (Fsp3) is 0.150. The molecule has 0 fully saturated rings. The molecule has 0 radical (unpaired) electrons. The molecular weight excluding hydrogens is 431 g/mol. The van der Waals surface area contributed by atoms with E-state index in [4.69, 9.17) is 28.0 Å². The van der Waals surface area contributed by atoms with E-state index >= 15 is 0 Å². The van der Waals surface area contributed by atoms with Crippen molar-refractivity contribution in [3.8, 4) is 0 Å². The second-order valence-electron chi connectivity index (χ2n) is 6.32. The van der Waals surface area contributed by atoms with Crippen molar-refractivity contribution in [3.63, 3.8) is 0 Å². The van der Waals surface area contributed by atoms with Crippen LogP contribution in [-0.2, 0) is 12.4 Å². The number of benzene rings is 2. The summed E-state index contributed by atoms with van der Waals surface area (Å²) in [4.78, 5) is 23.8. The van der Waals surface area contributed by atoms with Crippen LogP contribution in [-0.4, -0.2) is 19.3 Å². The van der Waals surface area contributed by atoms with Crippen molar-refractivity contribution < 1.29 is 4.84 Å². The van der Waals surface area contributed by atoms with E-state index in [0.717, 1.165) is 16.0 Å². The third kappa shape index (κ3) is 4.42. The molecule has 0 saturated heterocycles. The van der Waals surface area contributed by atoms with Crippen molar-refractivity contribution in [2.75, 3.05) is 0 Å². The first kappa shape index (κ1) is 19.8. The summed E-state index contributed by atoms with van der Waals surface area (Å²) in [5, 5.41) is 6.33. The van der Waals surface area contributed by atoms with E-state index in [1.807, 2.05) is 36.4 Å². The van der Waals surface area contributed by atoms with Crippen molar-refractivity contribution in [2.45, 2.75) is 24.4 Å². The number of hydrogen-bond donors (Lipinski definition) is 0. The molecule has 0 aliphatic carbocycles. The molecule has 0 aliphatic rings. The predicted octanol–water partition coefficient (Wildman–Crippen LogP) is 4.43. The molecule has 4 aromatic rings. The highest BCUT2D eigenvalue weighted by atomic mass is 35.5. The number of rotatable bonds is 6. The Labute approximate surface area is 181 Å². The van der Waals surface area contributed by atoms with Crippen molar-refractivity contribution >= 4 is 40.5 Å². The molecule has 0 atom stereocenters. The Bertz CT molecular complexity index is 1200. The minimum absolute atomic E-state index is 0.189. The number of nitrogens with zero attached hydrogens (tertiary/aromatic N) is 4. The van der Waals surface area contributed by atoms with Crippen LogP contribution in [0, 0.1) is 6.92 Å². The van der Waals surface area contributed by atoms with Gasteiger partial charge in [-0.25, -0.2) is 4.98 Å². The molecule has 29 heavy (non-hydrogen) atoms. The summed E-state index contributed by atoms with van der Waals surface area (Å²) in [6.07, 6.45) is 1.60. The van der Waals surface area contributed by atoms with Gasteiger partial charge in [-0.15, -0.1) is 5.10 Å². The number of aromatic nitrogens is 4. The first-order chi connectivity index (χ1) is 14.0. The molecule has 0 saturated carbocycles. The topological polar surface area (TPSA) is 61.4 Å². The van der Waals surface area contributed by atoms with Gasteiger partial charge in [-0.2, -0.15) is 0 Å². The number of fused-ring (bicyclic) bond motifs is 1. The lowest BCUT2D eigenvalue weighted by Crippen LogP contribution is -2.31. The van der Waals surface area contributed by atoms with Gasteiger partial charge in [0, 0.05) is 15.8 Å². The maximum atomic E-state index is 12.8. The van der Waals surface area contributed by atoms with Gasteiger partial charge in [0.05, 0.1) is 5.69 Å². The highest BCUT2D eigenvalue weighted by Gasteiger charge is 2.15. The monoisotopic (exact) mass is 446 g/mol. The Hall–Kier alpha value is -2.48. The van der Waals surface area contributed by atoms with Crippen molar-refractivity contribution in [3.05, 3.63) is 92.1 Å². The lowest BCUT2D eigenvalue weighted by atomic mass is 10.2. The molecule has 0 aliphatic heterocycles. The van der Waals surface area contributed by atoms with E-state index in [1.54, 1.807) is 29.8 Å². The normalized spacial score (nSPS) is 11.1. The van der Waals surface area contributed by atoms with Gasteiger partial charge in [0.2, 0.25) is 0 Å². The second kappa shape index (κ2) is 8.49. The SMILES string of the molecule is Cc1ncn2c(SCc3ccc(Cl)cc3)nn(OCc3ccc(Cl)cc3)c(=O)c12. The van der Waals surface area contributed by atoms with Crippen molar-refractivity contribution in [1.82, 2.24) is 19.3 Å². The van der Waals surface area contributed by atoms with Crippen LogP contribution in [0.15, 0.2) is 64.8 Å². The summed E-state index contributed by atoms with van der Waals surface area (Å²) in [6.45, 7) is 1.97. The minimum atomic E-state index is -0.357. The molecule has 0 spiro atoms. The third-order valence-electron chi connectivity index (χ3n) is 4.26. The van der Waals surface area contributed by atoms with Gasteiger partial charge in [0.1, 0.15) is 18.5 Å². The zero-order chi connectivity index (χ0) is 20.4. The third-order valence-corrected chi connectivity index (χ3v) is 5.78. The number of imidazole rings is 1. The number of aryl methyl sites for hydroxylation is 1. The molecule has 2 aromatic carbocycles. The summed E-state index contributed by atoms with van der Waals surface area (Å²) in [7, 11) is 0. The van der Waals surface area contributed by atoms with Gasteiger partial charge in [0.15, 0.2) is 5.16 Å². The molecule has 0 bridgehead atoms. The maximum Gasteiger partial charge on any atom is 0.328 e. The fourth-order valence-corrected chi connectivity index (χ4v) is 3.88. The van der Waals surface area contributed by atoms with Crippen LogP contribution < -0.4 is 10.4 Å². The Balaban J connectivity index is 1.62. The smallest absolute Gasteiger partial charge is 0.328 e. The molecule has 0 N–H and O–H groups in total. The maximum absolute atomic E-state index is 12.8. The van der Waals surface area contributed by atoms with Crippen LogP contribution in [0.2, 0.25) is 10.0 Å². The van der Waals surface area contributed by atoms with E-state index in [0.29, 0.717) is 32.2 Å². The molecule has 4 rings (SSSR count). The molecule has 2 aromatic heterocycles. The lowest BCUT2D eigenvalue weighted by Gasteiger charge is -2.11. The standard InChI is InChI=1S/C20H16Cl2N4O2S/c1-13-18-19(27)26(28-10-14-2-6-16(21)7-3-14)24-20(25(18)12-23-13)29-11-15-4-8-17(22)9-5-15/h2-9,12H,10-11H2,1H3. The van der Waals surface area contributed by atoms with Gasteiger partial charge in [-0.3, -0.25) is 9.20 Å². The van der Waals surface area contributed by atoms with E-state index in [1.165, 1.54) is 11.8 Å². The Kier molecular flexibility index (Phi) is 5.80. The number of halogens is 2. The average molecular weight is 447 g/mol. The van der Waals surface area contributed by atoms with Gasteiger partial charge in [0.25, 0.3) is 0 Å². The van der Waals surface area contributed by atoms with Crippen LogP contribution in [0.3, 0.4) is 0 Å². The molecule has 6 nitrogen and oxygen atoms in total. The summed E-state index contributed by atoms with van der Waals surface area (Å²) >= 11 is 13.3. The first-order valence-electron chi connectivity index (χ1n) is 8.73. The molecule has 9 heteroatoms. The van der Waals surface area contributed by atoms with E-state index in [-0.39, 0.29) is 12.2 Å². The van der Waals surface area contributed by atoms with Gasteiger partial charge >= 0.3 is 5.56 Å². The molecule has 148 valence electrons. The lowest BCUT2D eigenvalue weighted by molar-refractivity contribution is 0.0548. The van der Waals surface area contributed by atoms with Crippen LogP contribution in [0.25, 0.3) is 5.52 Å². The zero-order valence-corrected chi connectivity index (χ0v) is 17.7. The Morgan fingerprint density at radius 1 is 1.00 bits per heavy atom. The zero-order valence-electron chi connectivity index (χ0n) is 15.4. The Morgan fingerprint density at radius 3 is 2.28 bits per heavy atom. The van der Waals surface area contributed by atoms with Gasteiger partial charge in [-0.05, 0) is 42.3 Å². The molecule has 0 unspecified atom stereocenters. The van der Waals surface area contributed by atoms with E-state index in [2.05, 4.69) is 10.1 Å². The number of hydrogen-bond acceptors (Lipinski definition) is 5. The van der Waals surface area contributed by atoms with Crippen molar-refractivity contribution in [1.29, 1.82) is 0 Å². The highest BCUT2D eigenvalue weighted by Crippen LogP contribution is 2.22. The predicted molar refractivity (Wildman–Crippen MR) is 115 cm³/mol. The number of thioether (sulfide) groups is 1. The molecular formula is C20H16Cl2N4O2S. The molecule has 0 amide bonds. The van der Waals surface area contributed by atoms with Crippen LogP contribution in [0.1, 0.15) is 16.8 Å². The van der Waals surface area contributed by atoms with Gasteiger partial charge < -0.3 is 4.84 Å². The fourth-order valence-electron chi connectivity index (χ4n) is 2.73. The second-order valence-corrected chi connectivity index (χ2v) is 8.14. The summed E-state index contributed by atoms with van der Waals surface area (Å²) in [5.74, 6) is 0.659. The van der Waals surface area contributed by atoms with Crippen LogP contribution in [0.4, 0.5) is 0 Å². The van der Waals surface area contributed by atoms with E-state index < -0.39 is 0 Å². The van der Waals surface area contributed by atoms with Crippen LogP contribution in [0.5, 0.6) is 0 Å². The molecule has 2 heterocycles. The first-order valence-corrected chi connectivity index (χ1v) is 10.5. The Morgan fingerprint density at radius 2 is 1.62 bits per heavy atom. The quantitative estimate of drug-likeness (QED) is 0.410. The summed E-state index contributed by atoms with van der Waals surface area (Å²) in [5.41, 5.74) is 2.67. The highest BCUT2D eigenvalue weighted by molar-refractivity contribution is 7.98.